The molecule has 132 valence electrons. The predicted molar refractivity (Wildman–Crippen MR) is 94.8 cm³/mol. The molecule has 0 fully saturated rings. The van der Waals surface area contributed by atoms with Crippen molar-refractivity contribution in [3.63, 3.8) is 0 Å². The molecular weight excluding hydrogens is 304 g/mol. The molecule has 1 aliphatic carbocycles. The molecule has 24 heavy (non-hydrogen) atoms. The summed E-state index contributed by atoms with van der Waals surface area (Å²) in [5, 5.41) is 8.57. The third kappa shape index (κ3) is 8.04. The van der Waals surface area contributed by atoms with Gasteiger partial charge in [0, 0.05) is 24.8 Å². The van der Waals surface area contributed by atoms with Gasteiger partial charge < -0.3 is 5.11 Å². The van der Waals surface area contributed by atoms with E-state index in [1.165, 1.54) is 0 Å². The summed E-state index contributed by atoms with van der Waals surface area (Å²) < 4.78 is 0. The normalized spacial score (nSPS) is 15.1. The number of Topliss-reactive ketones (excluding diaryl/α,β-unsaturated/α-hetero) is 1. The van der Waals surface area contributed by atoms with Crippen LogP contribution in [0.2, 0.25) is 0 Å². The van der Waals surface area contributed by atoms with E-state index in [1.807, 2.05) is 18.2 Å². The van der Waals surface area contributed by atoms with E-state index in [1.54, 1.807) is 6.08 Å². The first kappa shape index (κ1) is 20.1. The third-order valence-corrected chi connectivity index (χ3v) is 4.09. The summed E-state index contributed by atoms with van der Waals surface area (Å²) in [6.07, 6.45) is 14.2. The van der Waals surface area contributed by atoms with E-state index < -0.39 is 5.97 Å². The van der Waals surface area contributed by atoms with Crippen LogP contribution in [0, 0.1) is 0 Å². The molecule has 0 amide bonds. The second kappa shape index (κ2) is 11.5. The number of carbonyl (C=O) groups excluding carboxylic acids is 2. The number of ketones is 2. The zero-order chi connectivity index (χ0) is 17.8. The molecule has 0 saturated carbocycles. The van der Waals surface area contributed by atoms with Crippen LogP contribution in [0.5, 0.6) is 0 Å². The number of carbonyl (C=O) groups is 3. The minimum absolute atomic E-state index is 0.124. The molecule has 0 aromatic carbocycles. The molecule has 0 spiro atoms. The lowest BCUT2D eigenvalue weighted by molar-refractivity contribution is -0.137. The number of hydrogen-bond donors (Lipinski definition) is 1. The minimum atomic E-state index is -0.784. The highest BCUT2D eigenvalue weighted by Crippen LogP contribution is 2.27. The van der Waals surface area contributed by atoms with Crippen molar-refractivity contribution in [2.24, 2.45) is 0 Å². The Kier molecular flexibility index (Phi) is 9.66. The van der Waals surface area contributed by atoms with E-state index in [9.17, 15) is 14.4 Å². The summed E-state index contributed by atoms with van der Waals surface area (Å²) in [4.78, 5) is 34.2. The van der Waals surface area contributed by atoms with Crippen LogP contribution in [0.25, 0.3) is 0 Å². The predicted octanol–water partition coefficient (Wildman–Crippen LogP) is 4.55. The zero-order valence-electron chi connectivity index (χ0n) is 14.6. The lowest BCUT2D eigenvalue weighted by Gasteiger charge is -1.99. The fourth-order valence-electron chi connectivity index (χ4n) is 2.67. The summed E-state index contributed by atoms with van der Waals surface area (Å²) in [6, 6.07) is 0. The Morgan fingerprint density at radius 1 is 1.08 bits per heavy atom. The van der Waals surface area contributed by atoms with Gasteiger partial charge in [0.2, 0.25) is 0 Å². The van der Waals surface area contributed by atoms with Crippen molar-refractivity contribution < 1.29 is 19.5 Å². The van der Waals surface area contributed by atoms with E-state index >= 15 is 0 Å². The molecule has 0 radical (unpaired) electrons. The molecule has 0 saturated heterocycles. The average Bonchev–Trinajstić information content (AvgIpc) is 2.89. The maximum absolute atomic E-state index is 12.0. The average molecular weight is 332 g/mol. The molecule has 0 aromatic heterocycles. The Bertz CT molecular complexity index is 538. The Balaban J connectivity index is 2.50. The molecule has 0 bridgehead atoms. The molecule has 0 heterocycles. The summed E-state index contributed by atoms with van der Waals surface area (Å²) in [5.41, 5.74) is 1.76. The van der Waals surface area contributed by atoms with Crippen molar-refractivity contribution in [1.29, 1.82) is 0 Å². The van der Waals surface area contributed by atoms with Crippen LogP contribution >= 0.6 is 0 Å². The van der Waals surface area contributed by atoms with Gasteiger partial charge in [-0.2, -0.15) is 0 Å². The van der Waals surface area contributed by atoms with E-state index in [2.05, 4.69) is 6.92 Å². The summed E-state index contributed by atoms with van der Waals surface area (Å²) in [6.45, 7) is 2.11. The summed E-state index contributed by atoms with van der Waals surface area (Å²) in [7, 11) is 0. The standard InChI is InChI=1S/C20H28O4/c1-2-3-6-9-17(21)14-12-16-13-15-19(22)18(16)10-7-4-5-8-11-20(23)24/h4,7,12,14H,2-3,5-6,8-11,13,15H2,1H3,(H,23,24). The van der Waals surface area contributed by atoms with Gasteiger partial charge in [0.1, 0.15) is 0 Å². The molecule has 0 aromatic rings. The van der Waals surface area contributed by atoms with E-state index in [-0.39, 0.29) is 18.0 Å². The molecule has 1 N–H and O–H groups in total. The molecule has 0 unspecified atom stereocenters. The molecule has 4 nitrogen and oxygen atoms in total. The first-order valence-corrected chi connectivity index (χ1v) is 8.87. The third-order valence-electron chi connectivity index (χ3n) is 4.09. The number of carboxylic acids is 1. The van der Waals surface area contributed by atoms with Crippen molar-refractivity contribution in [3.05, 3.63) is 35.5 Å². The number of unbranched alkanes of at least 4 members (excludes halogenated alkanes) is 3. The van der Waals surface area contributed by atoms with Gasteiger partial charge >= 0.3 is 5.97 Å². The van der Waals surface area contributed by atoms with Crippen molar-refractivity contribution in [2.45, 2.75) is 71.1 Å². The number of allylic oxidation sites excluding steroid dienone is 6. The highest BCUT2D eigenvalue weighted by Gasteiger charge is 2.20. The van der Waals surface area contributed by atoms with E-state index in [0.717, 1.165) is 30.4 Å². The van der Waals surface area contributed by atoms with Gasteiger partial charge in [-0.15, -0.1) is 0 Å². The maximum atomic E-state index is 12.0. The Morgan fingerprint density at radius 2 is 1.88 bits per heavy atom. The molecule has 1 aliphatic rings. The number of hydrogen-bond acceptors (Lipinski definition) is 3. The van der Waals surface area contributed by atoms with Gasteiger partial charge in [0.25, 0.3) is 0 Å². The first-order valence-electron chi connectivity index (χ1n) is 8.87. The van der Waals surface area contributed by atoms with Crippen molar-refractivity contribution in [1.82, 2.24) is 0 Å². The largest absolute Gasteiger partial charge is 0.481 e. The fraction of sp³-hybridized carbons (Fsp3) is 0.550. The monoisotopic (exact) mass is 332 g/mol. The second-order valence-corrected chi connectivity index (χ2v) is 6.15. The van der Waals surface area contributed by atoms with Crippen molar-refractivity contribution in [3.8, 4) is 0 Å². The van der Waals surface area contributed by atoms with Gasteiger partial charge in [-0.1, -0.05) is 38.0 Å². The fourth-order valence-corrected chi connectivity index (χ4v) is 2.67. The van der Waals surface area contributed by atoms with Gasteiger partial charge in [-0.25, -0.2) is 0 Å². The number of rotatable bonds is 12. The first-order chi connectivity index (χ1) is 11.5. The van der Waals surface area contributed by atoms with Crippen molar-refractivity contribution in [2.75, 3.05) is 0 Å². The highest BCUT2D eigenvalue weighted by atomic mass is 16.4. The van der Waals surface area contributed by atoms with Gasteiger partial charge in [-0.05, 0) is 43.8 Å². The van der Waals surface area contributed by atoms with Crippen LogP contribution in [0.4, 0.5) is 0 Å². The molecular formula is C20H28O4. The van der Waals surface area contributed by atoms with Crippen LogP contribution in [0.1, 0.15) is 71.1 Å². The van der Waals surface area contributed by atoms with Gasteiger partial charge in [-0.3, -0.25) is 14.4 Å². The topological polar surface area (TPSA) is 71.4 Å². The van der Waals surface area contributed by atoms with Crippen LogP contribution in [-0.4, -0.2) is 22.6 Å². The second-order valence-electron chi connectivity index (χ2n) is 6.15. The maximum Gasteiger partial charge on any atom is 0.303 e. The van der Waals surface area contributed by atoms with Crippen LogP contribution < -0.4 is 0 Å². The Hall–Kier alpha value is -1.97. The highest BCUT2D eigenvalue weighted by molar-refractivity contribution is 6.00. The van der Waals surface area contributed by atoms with Crippen molar-refractivity contribution >= 4 is 17.5 Å². The molecule has 1 rings (SSSR count). The van der Waals surface area contributed by atoms with E-state index in [0.29, 0.717) is 38.5 Å². The lowest BCUT2D eigenvalue weighted by atomic mass is 10.0. The minimum Gasteiger partial charge on any atom is -0.481 e. The SMILES string of the molecule is CCCCCC(=O)C=CC1=C(CC=CCCCC(=O)O)C(=O)CC1. The van der Waals surface area contributed by atoms with Gasteiger partial charge in [0.15, 0.2) is 11.6 Å². The summed E-state index contributed by atoms with van der Waals surface area (Å²) >= 11 is 0. The number of aliphatic carboxylic acids is 1. The van der Waals surface area contributed by atoms with Crippen LogP contribution in [0.15, 0.2) is 35.5 Å². The zero-order valence-corrected chi connectivity index (χ0v) is 14.6. The van der Waals surface area contributed by atoms with Gasteiger partial charge in [0.05, 0.1) is 0 Å². The molecule has 0 atom stereocenters. The smallest absolute Gasteiger partial charge is 0.303 e. The van der Waals surface area contributed by atoms with Crippen LogP contribution in [-0.2, 0) is 14.4 Å². The Labute approximate surface area is 144 Å². The number of carboxylic acid groups (broad SMARTS) is 1. The summed E-state index contributed by atoms with van der Waals surface area (Å²) in [5.74, 6) is -0.504. The lowest BCUT2D eigenvalue weighted by Crippen LogP contribution is -1.96. The van der Waals surface area contributed by atoms with E-state index in [4.69, 9.17) is 5.11 Å². The molecule has 4 heteroatoms. The Morgan fingerprint density at radius 3 is 2.58 bits per heavy atom. The quantitative estimate of drug-likeness (QED) is 0.323. The molecule has 0 aliphatic heterocycles. The van der Waals surface area contributed by atoms with Crippen LogP contribution in [0.3, 0.4) is 0 Å².